The zero-order valence-corrected chi connectivity index (χ0v) is 36.8. The maximum atomic E-state index is 12.6. The van der Waals surface area contributed by atoms with Crippen LogP contribution in [0, 0.1) is 0 Å². The fraction of sp³-hybridized carbons (Fsp3) is 0.911. The molecule has 0 aromatic heterocycles. The summed E-state index contributed by atoms with van der Waals surface area (Å²) >= 11 is 0. The van der Waals surface area contributed by atoms with Gasteiger partial charge < -0.3 is 20.1 Å². The van der Waals surface area contributed by atoms with Crippen LogP contribution in [0.3, 0.4) is 0 Å². The highest BCUT2D eigenvalue weighted by Gasteiger charge is 2.26. The molecule has 0 aliphatic carbocycles. The molecule has 0 fully saturated rings. The Hall–Kier alpha value is -1.25. The molecule has 0 bridgehead atoms. The van der Waals surface area contributed by atoms with Crippen molar-refractivity contribution in [2.45, 2.75) is 238 Å². The Morgan fingerprint density at radius 3 is 1.31 bits per heavy atom. The Kier molecular flexibility index (Phi) is 41.4. The lowest BCUT2D eigenvalue weighted by molar-refractivity contribution is -0.161. The highest BCUT2D eigenvalue weighted by atomic mass is 31.2. The van der Waals surface area contributed by atoms with E-state index in [1.807, 2.05) is 0 Å². The van der Waals surface area contributed by atoms with Crippen LogP contribution in [0.5, 0.6) is 0 Å². The first-order valence-electron chi connectivity index (χ1n) is 23.2. The summed E-state index contributed by atoms with van der Waals surface area (Å²) in [6, 6.07) is 0. The Bertz CT molecular complexity index is 917. The Morgan fingerprint density at radius 2 is 0.891 bits per heavy atom. The summed E-state index contributed by atoms with van der Waals surface area (Å²) in [5.74, 6) is -0.818. The molecule has 3 N–H and O–H groups in total. The van der Waals surface area contributed by atoms with Crippen molar-refractivity contribution < 1.29 is 37.6 Å². The number of hydrogen-bond donors (Lipinski definition) is 2. The molecule has 0 aromatic rings. The lowest BCUT2D eigenvalue weighted by Crippen LogP contribution is -2.29. The zero-order valence-electron chi connectivity index (χ0n) is 35.9. The fourth-order valence-corrected chi connectivity index (χ4v) is 7.45. The van der Waals surface area contributed by atoms with Gasteiger partial charge >= 0.3 is 19.8 Å². The van der Waals surface area contributed by atoms with Crippen molar-refractivity contribution in [3.8, 4) is 0 Å². The number of carbonyl (C=O) groups excluding carboxylic acids is 2. The molecule has 55 heavy (non-hydrogen) atoms. The van der Waals surface area contributed by atoms with Gasteiger partial charge in [-0.15, -0.1) is 0 Å². The van der Waals surface area contributed by atoms with Gasteiger partial charge in [-0.1, -0.05) is 193 Å². The van der Waals surface area contributed by atoms with Crippen molar-refractivity contribution in [1.29, 1.82) is 0 Å². The normalized spacial score (nSPS) is 13.3. The first kappa shape index (κ1) is 53.8. The maximum absolute atomic E-state index is 12.6. The second-order valence-electron chi connectivity index (χ2n) is 15.6. The third kappa shape index (κ3) is 42.2. The van der Waals surface area contributed by atoms with E-state index in [1.165, 1.54) is 167 Å². The van der Waals surface area contributed by atoms with Crippen molar-refractivity contribution in [3.05, 3.63) is 12.2 Å². The molecule has 9 nitrogen and oxygen atoms in total. The lowest BCUT2D eigenvalue weighted by Gasteiger charge is -2.19. The Labute approximate surface area is 339 Å². The van der Waals surface area contributed by atoms with Gasteiger partial charge in [0.15, 0.2) is 6.10 Å². The van der Waals surface area contributed by atoms with Crippen LogP contribution in [0.25, 0.3) is 0 Å². The van der Waals surface area contributed by atoms with Gasteiger partial charge in [0.1, 0.15) is 6.61 Å². The summed E-state index contributed by atoms with van der Waals surface area (Å²) in [5.41, 5.74) is 5.35. The Morgan fingerprint density at radius 1 is 0.527 bits per heavy atom. The first-order valence-corrected chi connectivity index (χ1v) is 24.7. The molecule has 0 radical (unpaired) electrons. The standard InChI is InChI=1S/C45H88NO8P/c1-3-5-7-9-11-13-15-17-19-21-23-25-27-29-31-33-35-37-44(47)51-41-43(42-53-55(49,50)52-40-39-46)54-45(48)38-36-34-32-30-28-26-24-22-20-18-16-14-12-10-8-6-4-2/h13,15,43H,3-12,14,16-42,46H2,1-2H3,(H,49,50)/b15-13-/t43-/m1/s1. The molecule has 0 saturated heterocycles. The molecule has 326 valence electrons. The minimum absolute atomic E-state index is 0.0563. The fourth-order valence-electron chi connectivity index (χ4n) is 6.69. The third-order valence-corrected chi connectivity index (χ3v) is 11.1. The van der Waals surface area contributed by atoms with Crippen molar-refractivity contribution in [1.82, 2.24) is 0 Å². The molecule has 2 atom stereocenters. The number of allylic oxidation sites excluding steroid dienone is 2. The minimum Gasteiger partial charge on any atom is -0.462 e. The molecule has 0 aromatic carbocycles. The van der Waals surface area contributed by atoms with E-state index in [0.717, 1.165) is 32.1 Å². The van der Waals surface area contributed by atoms with Gasteiger partial charge in [0.25, 0.3) is 0 Å². The topological polar surface area (TPSA) is 134 Å². The van der Waals surface area contributed by atoms with Crippen molar-refractivity contribution in [2.75, 3.05) is 26.4 Å². The summed E-state index contributed by atoms with van der Waals surface area (Å²) in [7, 11) is -4.37. The number of ether oxygens (including phenoxy) is 2. The van der Waals surface area contributed by atoms with Gasteiger partial charge in [0.2, 0.25) is 0 Å². The number of carbonyl (C=O) groups is 2. The predicted octanol–water partition coefficient (Wildman–Crippen LogP) is 13.4. The van der Waals surface area contributed by atoms with Crippen LogP contribution in [-0.2, 0) is 32.7 Å². The van der Waals surface area contributed by atoms with Gasteiger partial charge in [0, 0.05) is 19.4 Å². The number of phosphoric ester groups is 1. The van der Waals surface area contributed by atoms with Crippen molar-refractivity contribution in [3.63, 3.8) is 0 Å². The SMILES string of the molecule is CCCCCC/C=C\CCCCCCCCCCCC(=O)OC[C@H](COP(=O)(O)OCCN)OC(=O)CCCCCCCCCCCCCCCCCCC. The van der Waals surface area contributed by atoms with E-state index >= 15 is 0 Å². The number of phosphoric acid groups is 1. The van der Waals surface area contributed by atoms with Crippen LogP contribution in [0.4, 0.5) is 0 Å². The smallest absolute Gasteiger partial charge is 0.462 e. The molecule has 0 aliphatic rings. The van der Waals surface area contributed by atoms with Gasteiger partial charge in [-0.3, -0.25) is 18.6 Å². The van der Waals surface area contributed by atoms with Crippen LogP contribution in [0.1, 0.15) is 232 Å². The summed E-state index contributed by atoms with van der Waals surface area (Å²) < 4.78 is 32.8. The summed E-state index contributed by atoms with van der Waals surface area (Å²) in [6.07, 6.45) is 43.8. The number of rotatable bonds is 44. The largest absolute Gasteiger partial charge is 0.472 e. The lowest BCUT2D eigenvalue weighted by atomic mass is 10.0. The number of esters is 2. The van der Waals surface area contributed by atoms with Gasteiger partial charge in [-0.25, -0.2) is 4.57 Å². The number of nitrogens with two attached hydrogens (primary N) is 1. The predicted molar refractivity (Wildman–Crippen MR) is 229 cm³/mol. The van der Waals surface area contributed by atoms with Crippen molar-refractivity contribution in [2.24, 2.45) is 5.73 Å². The van der Waals surface area contributed by atoms with E-state index in [0.29, 0.717) is 6.42 Å². The van der Waals surface area contributed by atoms with Crippen LogP contribution in [0.2, 0.25) is 0 Å². The van der Waals surface area contributed by atoms with Gasteiger partial charge in [-0.2, -0.15) is 0 Å². The summed E-state index contributed by atoms with van der Waals surface area (Å²) in [6.45, 7) is 3.76. The van der Waals surface area contributed by atoms with E-state index in [4.69, 9.17) is 24.3 Å². The molecule has 0 aliphatic heterocycles. The highest BCUT2D eigenvalue weighted by molar-refractivity contribution is 7.47. The molecule has 0 spiro atoms. The Balaban J connectivity index is 4.08. The van der Waals surface area contributed by atoms with E-state index in [1.54, 1.807) is 0 Å². The number of hydrogen-bond acceptors (Lipinski definition) is 8. The minimum atomic E-state index is -4.37. The maximum Gasteiger partial charge on any atom is 0.472 e. The molecule has 0 amide bonds. The molecule has 10 heteroatoms. The van der Waals surface area contributed by atoms with Crippen molar-refractivity contribution >= 4 is 19.8 Å². The monoisotopic (exact) mass is 802 g/mol. The summed E-state index contributed by atoms with van der Waals surface area (Å²) in [4.78, 5) is 34.9. The summed E-state index contributed by atoms with van der Waals surface area (Å²) in [5, 5.41) is 0. The van der Waals surface area contributed by atoms with Gasteiger partial charge in [0.05, 0.1) is 13.2 Å². The van der Waals surface area contributed by atoms with E-state index in [-0.39, 0.29) is 38.6 Å². The van der Waals surface area contributed by atoms with E-state index in [2.05, 4.69) is 26.0 Å². The first-order chi connectivity index (χ1) is 26.8. The van der Waals surface area contributed by atoms with E-state index < -0.39 is 26.5 Å². The van der Waals surface area contributed by atoms with Gasteiger partial charge in [-0.05, 0) is 38.5 Å². The van der Waals surface area contributed by atoms with Crippen LogP contribution in [-0.4, -0.2) is 49.3 Å². The molecule has 1 unspecified atom stereocenters. The molecule has 0 rings (SSSR count). The molecular weight excluding hydrogens is 713 g/mol. The quantitative estimate of drug-likeness (QED) is 0.0267. The molecule has 0 saturated carbocycles. The van der Waals surface area contributed by atoms with E-state index in [9.17, 15) is 19.0 Å². The van der Waals surface area contributed by atoms with Crippen LogP contribution in [0.15, 0.2) is 12.2 Å². The van der Waals surface area contributed by atoms with Crippen LogP contribution < -0.4 is 5.73 Å². The highest BCUT2D eigenvalue weighted by Crippen LogP contribution is 2.43. The zero-order chi connectivity index (χ0) is 40.3. The average molecular weight is 802 g/mol. The average Bonchev–Trinajstić information content (AvgIpc) is 3.17. The third-order valence-electron chi connectivity index (χ3n) is 10.2. The number of unbranched alkanes of at least 4 members (excludes halogenated alkanes) is 29. The van der Waals surface area contributed by atoms with Crippen LogP contribution >= 0.6 is 7.82 Å². The molecule has 0 heterocycles. The second-order valence-corrected chi connectivity index (χ2v) is 17.1. The molecular formula is C45H88NO8P. The second kappa shape index (κ2) is 42.4.